The largest absolute Gasteiger partial charge is 0.486 e. The molecule has 1 saturated heterocycles. The van der Waals surface area contributed by atoms with E-state index < -0.39 is 0 Å². The van der Waals surface area contributed by atoms with Crippen LogP contribution in [-0.2, 0) is 11.3 Å². The lowest BCUT2D eigenvalue weighted by Gasteiger charge is -2.34. The van der Waals surface area contributed by atoms with Crippen molar-refractivity contribution in [3.8, 4) is 11.5 Å². The number of carbonyl (C=O) groups is 2. The van der Waals surface area contributed by atoms with Crippen LogP contribution >= 0.6 is 0 Å². The molecule has 31 heavy (non-hydrogen) atoms. The van der Waals surface area contributed by atoms with E-state index >= 15 is 0 Å². The Hall–Kier alpha value is -2.86. The summed E-state index contributed by atoms with van der Waals surface area (Å²) in [5.74, 6) is 1.49. The predicted molar refractivity (Wildman–Crippen MR) is 119 cm³/mol. The smallest absolute Gasteiger partial charge is 0.237 e. The Morgan fingerprint density at radius 2 is 1.71 bits per heavy atom. The second-order valence-electron chi connectivity index (χ2n) is 8.41. The standard InChI is InChI=1S/C25H30N2O4/c1-17-3-5-19(6-4-17)16-26-25(29)18(2)27-11-9-20(10-12-27)24(28)21-7-8-22-23(15-21)31-14-13-30-22/h3-8,15,18,20H,9-14,16H2,1-2H3,(H,26,29)/t18-/m1/s1. The fourth-order valence-corrected chi connectivity index (χ4v) is 4.19. The second-order valence-corrected chi connectivity index (χ2v) is 8.41. The Morgan fingerprint density at radius 1 is 1.03 bits per heavy atom. The first-order chi connectivity index (χ1) is 15.0. The SMILES string of the molecule is Cc1ccc(CNC(=O)[C@@H](C)N2CCC(C(=O)c3ccc4c(c3)OCCO4)CC2)cc1. The van der Waals surface area contributed by atoms with Crippen LogP contribution in [0.1, 0.15) is 41.3 Å². The lowest BCUT2D eigenvalue weighted by atomic mass is 9.88. The first kappa shape index (κ1) is 21.4. The van der Waals surface area contributed by atoms with Gasteiger partial charge in [-0.05, 0) is 63.5 Å². The molecule has 2 aromatic rings. The lowest BCUT2D eigenvalue weighted by Crippen LogP contribution is -2.48. The molecule has 1 atom stereocenters. The van der Waals surface area contributed by atoms with E-state index in [1.807, 2.05) is 38.1 Å². The van der Waals surface area contributed by atoms with Crippen LogP contribution in [-0.4, -0.2) is 48.9 Å². The number of ether oxygens (including phenoxy) is 2. The van der Waals surface area contributed by atoms with Crippen molar-refractivity contribution >= 4 is 11.7 Å². The fourth-order valence-electron chi connectivity index (χ4n) is 4.19. The van der Waals surface area contributed by atoms with Crippen molar-refractivity contribution in [3.63, 3.8) is 0 Å². The molecule has 0 spiro atoms. The molecule has 0 radical (unpaired) electrons. The number of fused-ring (bicyclic) bond motifs is 1. The molecule has 0 saturated carbocycles. The average Bonchev–Trinajstić information content (AvgIpc) is 2.82. The van der Waals surface area contributed by atoms with Crippen molar-refractivity contribution in [2.75, 3.05) is 26.3 Å². The van der Waals surface area contributed by atoms with Gasteiger partial charge in [-0.25, -0.2) is 0 Å². The van der Waals surface area contributed by atoms with E-state index in [2.05, 4.69) is 22.3 Å². The van der Waals surface area contributed by atoms with Gasteiger partial charge in [0.1, 0.15) is 13.2 Å². The molecule has 4 rings (SSSR count). The summed E-state index contributed by atoms with van der Waals surface area (Å²) >= 11 is 0. The van der Waals surface area contributed by atoms with Crippen molar-refractivity contribution in [2.45, 2.75) is 39.3 Å². The molecule has 6 nitrogen and oxygen atoms in total. The van der Waals surface area contributed by atoms with Crippen LogP contribution < -0.4 is 14.8 Å². The minimum absolute atomic E-state index is 0.0252. The quantitative estimate of drug-likeness (QED) is 0.723. The second kappa shape index (κ2) is 9.52. The van der Waals surface area contributed by atoms with Crippen LogP contribution in [0.15, 0.2) is 42.5 Å². The van der Waals surface area contributed by atoms with E-state index in [-0.39, 0.29) is 23.7 Å². The molecule has 0 unspecified atom stereocenters. The molecule has 1 fully saturated rings. The monoisotopic (exact) mass is 422 g/mol. The van der Waals surface area contributed by atoms with Crippen LogP contribution in [0.3, 0.4) is 0 Å². The van der Waals surface area contributed by atoms with Crippen molar-refractivity contribution in [2.24, 2.45) is 5.92 Å². The number of hydrogen-bond donors (Lipinski definition) is 1. The van der Waals surface area contributed by atoms with Crippen LogP contribution in [0.25, 0.3) is 0 Å². The van der Waals surface area contributed by atoms with Crippen molar-refractivity contribution in [1.29, 1.82) is 0 Å². The molecular weight excluding hydrogens is 392 g/mol. The van der Waals surface area contributed by atoms with E-state index in [0.29, 0.717) is 36.8 Å². The molecule has 0 bridgehead atoms. The highest BCUT2D eigenvalue weighted by molar-refractivity contribution is 5.98. The van der Waals surface area contributed by atoms with Crippen molar-refractivity contribution in [1.82, 2.24) is 10.2 Å². The topological polar surface area (TPSA) is 67.9 Å². The molecule has 2 aliphatic heterocycles. The number of amides is 1. The number of carbonyl (C=O) groups excluding carboxylic acids is 2. The third-order valence-electron chi connectivity index (χ3n) is 6.24. The maximum Gasteiger partial charge on any atom is 0.237 e. The molecular formula is C25H30N2O4. The highest BCUT2D eigenvalue weighted by atomic mass is 16.6. The number of nitrogens with zero attached hydrogens (tertiary/aromatic N) is 1. The van der Waals surface area contributed by atoms with Gasteiger partial charge in [0.25, 0.3) is 0 Å². The normalized spacial score (nSPS) is 17.7. The van der Waals surface area contributed by atoms with Crippen LogP contribution in [0.5, 0.6) is 11.5 Å². The van der Waals surface area contributed by atoms with Gasteiger partial charge in [0, 0.05) is 18.0 Å². The molecule has 6 heteroatoms. The van der Waals surface area contributed by atoms with Gasteiger partial charge in [0.05, 0.1) is 6.04 Å². The third-order valence-corrected chi connectivity index (χ3v) is 6.24. The van der Waals surface area contributed by atoms with Crippen molar-refractivity contribution in [3.05, 3.63) is 59.2 Å². The first-order valence-electron chi connectivity index (χ1n) is 11.0. The predicted octanol–water partition coefficient (Wildman–Crippen LogP) is 3.37. The highest BCUT2D eigenvalue weighted by Crippen LogP contribution is 2.32. The summed E-state index contributed by atoms with van der Waals surface area (Å²) in [7, 11) is 0. The fraction of sp³-hybridized carbons (Fsp3) is 0.440. The molecule has 0 aromatic heterocycles. The number of piperidine rings is 1. The maximum absolute atomic E-state index is 13.0. The van der Waals surface area contributed by atoms with E-state index in [0.717, 1.165) is 31.5 Å². The number of Topliss-reactive ketones (excluding diaryl/α,β-unsaturated/α-hetero) is 1. The number of likely N-dealkylation sites (tertiary alicyclic amines) is 1. The minimum Gasteiger partial charge on any atom is -0.486 e. The van der Waals surface area contributed by atoms with Gasteiger partial charge in [0.15, 0.2) is 17.3 Å². The summed E-state index contributed by atoms with van der Waals surface area (Å²) in [6.07, 6.45) is 1.51. The maximum atomic E-state index is 13.0. The number of hydrogen-bond acceptors (Lipinski definition) is 5. The van der Waals surface area contributed by atoms with Crippen LogP contribution in [0.2, 0.25) is 0 Å². The summed E-state index contributed by atoms with van der Waals surface area (Å²) in [5.41, 5.74) is 2.97. The van der Waals surface area contributed by atoms with Crippen molar-refractivity contribution < 1.29 is 19.1 Å². The van der Waals surface area contributed by atoms with E-state index in [1.54, 1.807) is 6.07 Å². The van der Waals surface area contributed by atoms with Gasteiger partial charge in [-0.1, -0.05) is 29.8 Å². The molecule has 2 aromatic carbocycles. The molecule has 1 N–H and O–H groups in total. The Labute approximate surface area is 183 Å². The van der Waals surface area contributed by atoms with E-state index in [1.165, 1.54) is 5.56 Å². The molecule has 2 aliphatic rings. The van der Waals surface area contributed by atoms with Gasteiger partial charge in [0.2, 0.25) is 5.91 Å². The summed E-state index contributed by atoms with van der Waals surface area (Å²) in [4.78, 5) is 27.8. The first-order valence-corrected chi connectivity index (χ1v) is 11.0. The van der Waals surface area contributed by atoms with Crippen LogP contribution in [0.4, 0.5) is 0 Å². The minimum atomic E-state index is -0.212. The van der Waals surface area contributed by atoms with Gasteiger partial charge in [-0.2, -0.15) is 0 Å². The average molecular weight is 423 g/mol. The van der Waals surface area contributed by atoms with Gasteiger partial charge >= 0.3 is 0 Å². The van der Waals surface area contributed by atoms with Gasteiger partial charge in [-0.15, -0.1) is 0 Å². The Morgan fingerprint density at radius 3 is 2.42 bits per heavy atom. The molecule has 164 valence electrons. The molecule has 0 aliphatic carbocycles. The summed E-state index contributed by atoms with van der Waals surface area (Å²) < 4.78 is 11.1. The molecule has 1 amide bonds. The van der Waals surface area contributed by atoms with Crippen LogP contribution in [0, 0.1) is 12.8 Å². The van der Waals surface area contributed by atoms with E-state index in [9.17, 15) is 9.59 Å². The summed E-state index contributed by atoms with van der Waals surface area (Å²) in [6.45, 7) is 7.03. The number of ketones is 1. The number of aryl methyl sites for hydroxylation is 1. The van der Waals surface area contributed by atoms with E-state index in [4.69, 9.17) is 9.47 Å². The highest BCUT2D eigenvalue weighted by Gasteiger charge is 2.30. The summed E-state index contributed by atoms with van der Waals surface area (Å²) in [5, 5.41) is 3.03. The Kier molecular flexibility index (Phi) is 6.56. The number of rotatable bonds is 6. The van der Waals surface area contributed by atoms with Gasteiger partial charge in [-0.3, -0.25) is 14.5 Å². The Bertz CT molecular complexity index is 933. The zero-order valence-corrected chi connectivity index (χ0v) is 18.2. The number of nitrogens with one attached hydrogen (secondary N) is 1. The molecule has 2 heterocycles. The van der Waals surface area contributed by atoms with Gasteiger partial charge < -0.3 is 14.8 Å². The Balaban J connectivity index is 1.28. The third kappa shape index (κ3) is 5.07. The summed E-state index contributed by atoms with van der Waals surface area (Å²) in [6, 6.07) is 13.4. The number of benzene rings is 2. The lowest BCUT2D eigenvalue weighted by molar-refractivity contribution is -0.126. The zero-order valence-electron chi connectivity index (χ0n) is 18.2. The zero-order chi connectivity index (χ0) is 21.8.